The minimum absolute atomic E-state index is 0.0302. The van der Waals surface area contributed by atoms with Gasteiger partial charge in [0.1, 0.15) is 0 Å². The molecule has 0 amide bonds. The van der Waals surface area contributed by atoms with Gasteiger partial charge in [-0.25, -0.2) is 12.7 Å². The summed E-state index contributed by atoms with van der Waals surface area (Å²) in [6, 6.07) is 0.0302. The smallest absolute Gasteiger partial charge is 0.306 e. The molecule has 1 atom stereocenters. The first-order chi connectivity index (χ1) is 8.47. The summed E-state index contributed by atoms with van der Waals surface area (Å²) < 4.78 is 30.0. The van der Waals surface area contributed by atoms with Crippen LogP contribution in [0, 0.1) is 0 Å². The van der Waals surface area contributed by atoms with Gasteiger partial charge in [0.05, 0.1) is 19.3 Å². The maximum Gasteiger partial charge on any atom is 0.306 e. The van der Waals surface area contributed by atoms with Gasteiger partial charge in [-0.2, -0.15) is 0 Å². The lowest BCUT2D eigenvalue weighted by Gasteiger charge is -2.26. The van der Waals surface area contributed by atoms with Crippen molar-refractivity contribution in [2.45, 2.75) is 31.7 Å². The lowest BCUT2D eigenvalue weighted by Crippen LogP contribution is -2.39. The van der Waals surface area contributed by atoms with Gasteiger partial charge < -0.3 is 10.1 Å². The predicted molar refractivity (Wildman–Crippen MR) is 68.7 cm³/mol. The zero-order valence-electron chi connectivity index (χ0n) is 11.0. The van der Waals surface area contributed by atoms with Crippen molar-refractivity contribution in [3.63, 3.8) is 0 Å². The quantitative estimate of drug-likeness (QED) is 0.714. The molecule has 0 aromatic rings. The van der Waals surface area contributed by atoms with E-state index >= 15 is 0 Å². The van der Waals surface area contributed by atoms with Crippen LogP contribution in [0.1, 0.15) is 25.7 Å². The van der Waals surface area contributed by atoms with Gasteiger partial charge in [-0.1, -0.05) is 0 Å². The second-order valence-corrected chi connectivity index (χ2v) is 6.64. The predicted octanol–water partition coefficient (Wildman–Crippen LogP) is -0.0468. The van der Waals surface area contributed by atoms with Gasteiger partial charge in [0.2, 0.25) is 10.0 Å². The van der Waals surface area contributed by atoms with Crippen LogP contribution in [0.3, 0.4) is 0 Å². The molecule has 7 heteroatoms. The summed E-state index contributed by atoms with van der Waals surface area (Å²) in [5.74, 6) is -0.672. The molecule has 0 bridgehead atoms. The van der Waals surface area contributed by atoms with E-state index in [2.05, 4.69) is 10.1 Å². The molecule has 1 saturated heterocycles. The fourth-order valence-electron chi connectivity index (χ4n) is 2.05. The van der Waals surface area contributed by atoms with Gasteiger partial charge in [0.15, 0.2) is 0 Å². The number of nitrogens with zero attached hydrogens (tertiary/aromatic N) is 1. The van der Waals surface area contributed by atoms with E-state index in [4.69, 9.17) is 0 Å². The molecule has 1 rings (SSSR count). The highest BCUT2D eigenvalue weighted by Crippen LogP contribution is 2.16. The Balaban J connectivity index is 2.56. The Morgan fingerprint density at radius 2 is 2.11 bits per heavy atom. The maximum atomic E-state index is 12.1. The third-order valence-electron chi connectivity index (χ3n) is 3.29. The molecule has 18 heavy (non-hydrogen) atoms. The first kappa shape index (κ1) is 15.4. The second-order valence-electron chi connectivity index (χ2n) is 4.49. The average Bonchev–Trinajstić information content (AvgIpc) is 2.63. The van der Waals surface area contributed by atoms with Crippen LogP contribution < -0.4 is 5.32 Å². The lowest BCUT2D eigenvalue weighted by atomic mass is 10.1. The summed E-state index contributed by atoms with van der Waals surface area (Å²) in [5.41, 5.74) is 0. The number of hydrogen-bond donors (Lipinski definition) is 1. The molecule has 1 unspecified atom stereocenters. The van der Waals surface area contributed by atoms with Crippen LogP contribution in [0.2, 0.25) is 0 Å². The molecule has 0 saturated carbocycles. The van der Waals surface area contributed by atoms with E-state index in [1.165, 1.54) is 11.4 Å². The van der Waals surface area contributed by atoms with Crippen LogP contribution in [-0.2, 0) is 19.6 Å². The van der Waals surface area contributed by atoms with E-state index in [9.17, 15) is 13.2 Å². The van der Waals surface area contributed by atoms with Gasteiger partial charge >= 0.3 is 5.97 Å². The van der Waals surface area contributed by atoms with Crippen molar-refractivity contribution in [2.75, 3.05) is 33.0 Å². The summed E-state index contributed by atoms with van der Waals surface area (Å²) in [5, 5.41) is 3.25. The van der Waals surface area contributed by atoms with Crippen molar-refractivity contribution in [2.24, 2.45) is 0 Å². The molecule has 1 heterocycles. The molecule has 1 aliphatic rings. The number of esters is 1. The van der Waals surface area contributed by atoms with Gasteiger partial charge in [-0.3, -0.25) is 4.79 Å². The Morgan fingerprint density at radius 3 is 2.78 bits per heavy atom. The molecule has 0 radical (unpaired) electrons. The number of methoxy groups -OCH3 is 1. The van der Waals surface area contributed by atoms with Crippen LogP contribution >= 0.6 is 0 Å². The van der Waals surface area contributed by atoms with Crippen LogP contribution in [0.5, 0.6) is 0 Å². The van der Waals surface area contributed by atoms with Gasteiger partial charge in [0.25, 0.3) is 0 Å². The van der Waals surface area contributed by atoms with Gasteiger partial charge in [-0.15, -0.1) is 0 Å². The van der Waals surface area contributed by atoms with E-state index < -0.39 is 16.0 Å². The molecule has 6 nitrogen and oxygen atoms in total. The van der Waals surface area contributed by atoms with Crippen molar-refractivity contribution in [1.82, 2.24) is 9.62 Å². The fourth-order valence-corrected chi connectivity index (χ4v) is 3.43. The van der Waals surface area contributed by atoms with Crippen LogP contribution in [0.25, 0.3) is 0 Å². The highest BCUT2D eigenvalue weighted by atomic mass is 32.2. The third kappa shape index (κ3) is 4.55. The Kier molecular flexibility index (Phi) is 6.04. The zero-order valence-corrected chi connectivity index (χ0v) is 11.8. The molecule has 1 fully saturated rings. The highest BCUT2D eigenvalue weighted by Gasteiger charge is 2.27. The van der Waals surface area contributed by atoms with Gasteiger partial charge in [0, 0.05) is 13.1 Å². The van der Waals surface area contributed by atoms with Crippen LogP contribution in [0.4, 0.5) is 0 Å². The van der Waals surface area contributed by atoms with Crippen molar-refractivity contribution in [1.29, 1.82) is 0 Å². The van der Waals surface area contributed by atoms with Crippen molar-refractivity contribution >= 4 is 16.0 Å². The summed E-state index contributed by atoms with van der Waals surface area (Å²) in [6.07, 6.45) is 2.56. The number of hydrogen-bond acceptors (Lipinski definition) is 5. The second kappa shape index (κ2) is 7.06. The molecular weight excluding hydrogens is 256 g/mol. The molecule has 0 aromatic carbocycles. The molecule has 1 N–H and O–H groups in total. The van der Waals surface area contributed by atoms with Gasteiger partial charge in [-0.05, 0) is 32.4 Å². The minimum atomic E-state index is -3.38. The van der Waals surface area contributed by atoms with E-state index in [1.807, 2.05) is 0 Å². The van der Waals surface area contributed by atoms with Crippen LogP contribution in [-0.4, -0.2) is 57.7 Å². The molecule has 0 aromatic heterocycles. The number of carbonyl (C=O) groups excluding carboxylic acids is 1. The standard InChI is InChI=1S/C11H22N2O4S/c1-13(10-4-3-7-12-8-5-10)18(15,16)9-6-11(14)17-2/h10,12H,3-9H2,1-2H3. The van der Waals surface area contributed by atoms with Crippen molar-refractivity contribution in [3.8, 4) is 0 Å². The summed E-state index contributed by atoms with van der Waals surface area (Å²) >= 11 is 0. The SMILES string of the molecule is COC(=O)CCS(=O)(=O)N(C)C1CCCNCC1. The number of carbonyl (C=O) groups is 1. The summed E-state index contributed by atoms with van der Waals surface area (Å²) in [6.45, 7) is 1.77. The Labute approximate surface area is 109 Å². The van der Waals surface area contributed by atoms with E-state index in [0.717, 1.165) is 32.4 Å². The molecule has 0 spiro atoms. The number of ether oxygens (including phenoxy) is 1. The van der Waals surface area contributed by atoms with Crippen molar-refractivity contribution < 1.29 is 17.9 Å². The minimum Gasteiger partial charge on any atom is -0.469 e. The summed E-state index contributed by atoms with van der Waals surface area (Å²) in [4.78, 5) is 11.0. The van der Waals surface area contributed by atoms with E-state index in [-0.39, 0.29) is 18.2 Å². The average molecular weight is 278 g/mol. The maximum absolute atomic E-state index is 12.1. The third-order valence-corrected chi connectivity index (χ3v) is 5.19. The molecular formula is C11H22N2O4S. The number of sulfonamides is 1. The topological polar surface area (TPSA) is 75.7 Å². The number of rotatable bonds is 5. The van der Waals surface area contributed by atoms with E-state index in [1.54, 1.807) is 7.05 Å². The number of nitrogens with one attached hydrogen (secondary N) is 1. The zero-order chi connectivity index (χ0) is 13.6. The first-order valence-electron chi connectivity index (χ1n) is 6.20. The molecule has 0 aliphatic carbocycles. The normalized spacial score (nSPS) is 21.6. The highest BCUT2D eigenvalue weighted by molar-refractivity contribution is 7.89. The van der Waals surface area contributed by atoms with E-state index in [0.29, 0.717) is 0 Å². The monoisotopic (exact) mass is 278 g/mol. The first-order valence-corrected chi connectivity index (χ1v) is 7.81. The fraction of sp³-hybridized carbons (Fsp3) is 0.909. The Morgan fingerprint density at radius 1 is 1.39 bits per heavy atom. The van der Waals surface area contributed by atoms with Crippen molar-refractivity contribution in [3.05, 3.63) is 0 Å². The summed E-state index contributed by atoms with van der Waals surface area (Å²) in [7, 11) is -0.517. The molecule has 1 aliphatic heterocycles. The molecule has 106 valence electrons. The van der Waals surface area contributed by atoms with Crippen LogP contribution in [0.15, 0.2) is 0 Å². The Bertz CT molecular complexity index is 361. The Hall–Kier alpha value is -0.660. The largest absolute Gasteiger partial charge is 0.469 e. The lowest BCUT2D eigenvalue weighted by molar-refractivity contribution is -0.140.